The second-order valence-electron chi connectivity index (χ2n) is 7.18. The topological polar surface area (TPSA) is 58.1 Å². The molecule has 2 N–H and O–H groups in total. The third kappa shape index (κ3) is 5.06. The number of rotatable bonds is 6. The van der Waals surface area contributed by atoms with Gasteiger partial charge in [0.25, 0.3) is 0 Å². The second kappa shape index (κ2) is 8.31. The smallest absolute Gasteiger partial charge is 0.191 e. The van der Waals surface area contributed by atoms with Crippen LogP contribution in [0.2, 0.25) is 0 Å². The van der Waals surface area contributed by atoms with Crippen molar-refractivity contribution < 1.29 is 9.47 Å². The minimum atomic E-state index is -0.0614. The highest BCUT2D eigenvalue weighted by Gasteiger charge is 2.35. The molecule has 2 saturated heterocycles. The van der Waals surface area contributed by atoms with E-state index in [1.807, 2.05) is 0 Å². The monoisotopic (exact) mass is 326 g/mol. The highest BCUT2D eigenvalue weighted by atomic mass is 16.5. The Kier molecular flexibility index (Phi) is 6.68. The first-order chi connectivity index (χ1) is 11.0. The number of aliphatic imine (C=N–C) groups is 1. The third-order valence-corrected chi connectivity index (χ3v) is 5.18. The summed E-state index contributed by atoms with van der Waals surface area (Å²) in [4.78, 5) is 7.17. The molecular weight excluding hydrogens is 292 g/mol. The summed E-state index contributed by atoms with van der Waals surface area (Å²) in [5.41, 5.74) is 0.0441. The van der Waals surface area contributed by atoms with Crippen LogP contribution in [0.3, 0.4) is 0 Å². The van der Waals surface area contributed by atoms with Crippen molar-refractivity contribution in [3.63, 3.8) is 0 Å². The van der Waals surface area contributed by atoms with Gasteiger partial charge in [-0.1, -0.05) is 0 Å². The first kappa shape index (κ1) is 18.5. The summed E-state index contributed by atoms with van der Waals surface area (Å²) >= 11 is 0. The molecule has 2 rings (SSSR count). The number of guanidine groups is 1. The van der Waals surface area contributed by atoms with Crippen LogP contribution in [0.5, 0.6) is 0 Å². The van der Waals surface area contributed by atoms with E-state index in [0.29, 0.717) is 0 Å². The lowest BCUT2D eigenvalue weighted by Gasteiger charge is -2.41. The van der Waals surface area contributed by atoms with Gasteiger partial charge in [0.2, 0.25) is 0 Å². The summed E-state index contributed by atoms with van der Waals surface area (Å²) in [6.07, 6.45) is 4.32. The molecule has 2 fully saturated rings. The lowest BCUT2D eigenvalue weighted by Crippen LogP contribution is -2.52. The van der Waals surface area contributed by atoms with E-state index >= 15 is 0 Å². The van der Waals surface area contributed by atoms with Gasteiger partial charge in [0.15, 0.2) is 5.96 Å². The summed E-state index contributed by atoms with van der Waals surface area (Å²) in [6, 6.07) is 0. The van der Waals surface area contributed by atoms with Crippen molar-refractivity contribution in [3.05, 3.63) is 0 Å². The van der Waals surface area contributed by atoms with E-state index < -0.39 is 0 Å². The Bertz CT molecular complexity index is 386. The van der Waals surface area contributed by atoms with E-state index in [0.717, 1.165) is 71.1 Å². The number of ether oxygens (including phenoxy) is 2. The molecule has 0 aromatic rings. The van der Waals surface area contributed by atoms with Crippen molar-refractivity contribution in [2.75, 3.05) is 53.6 Å². The molecule has 2 aliphatic heterocycles. The maximum Gasteiger partial charge on any atom is 0.191 e. The van der Waals surface area contributed by atoms with Gasteiger partial charge in [0, 0.05) is 38.4 Å². The quantitative estimate of drug-likeness (QED) is 0.568. The summed E-state index contributed by atoms with van der Waals surface area (Å²) in [5.74, 6) is 0.886. The standard InChI is InChI=1S/C17H34N4O2/c1-5-18-15(19-13-16(2)7-6-10-23-16)20-14-17(21(3)4)8-11-22-12-9-17/h5-14H2,1-4H3,(H2,18,19,20). The maximum absolute atomic E-state index is 5.85. The Morgan fingerprint density at radius 2 is 1.87 bits per heavy atom. The summed E-state index contributed by atoms with van der Waals surface area (Å²) in [5, 5.41) is 6.82. The van der Waals surface area contributed by atoms with Crippen LogP contribution in [0.1, 0.15) is 39.5 Å². The van der Waals surface area contributed by atoms with Crippen molar-refractivity contribution in [2.24, 2.45) is 4.99 Å². The normalized spacial score (nSPS) is 28.1. The van der Waals surface area contributed by atoms with Crippen molar-refractivity contribution in [2.45, 2.75) is 50.7 Å². The number of nitrogens with one attached hydrogen (secondary N) is 2. The van der Waals surface area contributed by atoms with Crippen molar-refractivity contribution in [1.29, 1.82) is 0 Å². The molecule has 1 unspecified atom stereocenters. The predicted molar refractivity (Wildman–Crippen MR) is 94.0 cm³/mol. The van der Waals surface area contributed by atoms with Gasteiger partial charge in [-0.25, -0.2) is 0 Å². The van der Waals surface area contributed by atoms with E-state index in [4.69, 9.17) is 14.5 Å². The van der Waals surface area contributed by atoms with Crippen LogP contribution in [0.25, 0.3) is 0 Å². The largest absolute Gasteiger partial charge is 0.381 e. The molecule has 0 aromatic carbocycles. The Balaban J connectivity index is 1.96. The predicted octanol–water partition coefficient (Wildman–Crippen LogP) is 1.22. The molecule has 0 amide bonds. The first-order valence-electron chi connectivity index (χ1n) is 8.91. The fourth-order valence-corrected chi connectivity index (χ4v) is 3.31. The van der Waals surface area contributed by atoms with Crippen molar-refractivity contribution >= 4 is 5.96 Å². The van der Waals surface area contributed by atoms with Crippen molar-refractivity contribution in [1.82, 2.24) is 15.5 Å². The van der Waals surface area contributed by atoms with Crippen LogP contribution in [0.15, 0.2) is 4.99 Å². The number of likely N-dealkylation sites (N-methyl/N-ethyl adjacent to an activating group) is 1. The maximum atomic E-state index is 5.85. The Labute approximate surface area is 141 Å². The molecule has 23 heavy (non-hydrogen) atoms. The minimum absolute atomic E-state index is 0.0614. The molecule has 2 heterocycles. The van der Waals surface area contributed by atoms with Gasteiger partial charge in [-0.3, -0.25) is 4.99 Å². The van der Waals surface area contributed by atoms with Gasteiger partial charge in [-0.15, -0.1) is 0 Å². The van der Waals surface area contributed by atoms with E-state index in [9.17, 15) is 0 Å². The van der Waals surface area contributed by atoms with Crippen molar-refractivity contribution in [3.8, 4) is 0 Å². The first-order valence-corrected chi connectivity index (χ1v) is 8.91. The van der Waals surface area contributed by atoms with E-state index in [1.165, 1.54) is 0 Å². The van der Waals surface area contributed by atoms with Crippen LogP contribution >= 0.6 is 0 Å². The molecule has 0 aliphatic carbocycles. The SMILES string of the molecule is CCNC(=NCC1(N(C)C)CCOCC1)NCC1(C)CCCO1. The van der Waals surface area contributed by atoms with E-state index in [2.05, 4.69) is 43.5 Å². The van der Waals surface area contributed by atoms with Crippen LogP contribution in [-0.2, 0) is 9.47 Å². The molecule has 6 nitrogen and oxygen atoms in total. The molecule has 134 valence electrons. The molecule has 0 aromatic heterocycles. The second-order valence-corrected chi connectivity index (χ2v) is 7.18. The summed E-state index contributed by atoms with van der Waals surface area (Å²) in [6.45, 7) is 9.24. The lowest BCUT2D eigenvalue weighted by molar-refractivity contribution is -0.00259. The Morgan fingerprint density at radius 1 is 1.13 bits per heavy atom. The Morgan fingerprint density at radius 3 is 2.43 bits per heavy atom. The minimum Gasteiger partial charge on any atom is -0.381 e. The molecule has 2 aliphatic rings. The zero-order valence-corrected chi connectivity index (χ0v) is 15.3. The van der Waals surface area contributed by atoms with Gasteiger partial charge in [-0.05, 0) is 53.6 Å². The van der Waals surface area contributed by atoms with Gasteiger partial charge in [0.05, 0.1) is 12.1 Å². The van der Waals surface area contributed by atoms with Gasteiger partial charge >= 0.3 is 0 Å². The average Bonchev–Trinajstić information content (AvgIpc) is 2.98. The summed E-state index contributed by atoms with van der Waals surface area (Å²) < 4.78 is 11.4. The highest BCUT2D eigenvalue weighted by molar-refractivity contribution is 5.79. The molecular formula is C17H34N4O2. The average molecular weight is 326 g/mol. The zero-order valence-electron chi connectivity index (χ0n) is 15.3. The number of hydrogen-bond donors (Lipinski definition) is 2. The van der Waals surface area contributed by atoms with Crippen LogP contribution in [0, 0.1) is 0 Å². The van der Waals surface area contributed by atoms with E-state index in [1.54, 1.807) is 0 Å². The lowest BCUT2D eigenvalue weighted by atomic mass is 9.89. The van der Waals surface area contributed by atoms with Crippen LogP contribution in [-0.4, -0.2) is 75.5 Å². The number of nitrogens with zero attached hydrogens (tertiary/aromatic N) is 2. The van der Waals surface area contributed by atoms with Gasteiger partial charge in [0.1, 0.15) is 0 Å². The Hall–Kier alpha value is -0.850. The molecule has 0 saturated carbocycles. The molecule has 0 bridgehead atoms. The summed E-state index contributed by atoms with van der Waals surface area (Å²) in [7, 11) is 4.29. The fraction of sp³-hybridized carbons (Fsp3) is 0.941. The fourth-order valence-electron chi connectivity index (χ4n) is 3.31. The zero-order chi connectivity index (χ0) is 16.8. The van der Waals surface area contributed by atoms with Gasteiger partial charge < -0.3 is 25.0 Å². The number of hydrogen-bond acceptors (Lipinski definition) is 4. The van der Waals surface area contributed by atoms with Crippen LogP contribution < -0.4 is 10.6 Å². The third-order valence-electron chi connectivity index (χ3n) is 5.18. The molecule has 6 heteroatoms. The van der Waals surface area contributed by atoms with E-state index in [-0.39, 0.29) is 11.1 Å². The van der Waals surface area contributed by atoms with Gasteiger partial charge in [-0.2, -0.15) is 0 Å². The molecule has 0 radical (unpaired) electrons. The molecule has 0 spiro atoms. The van der Waals surface area contributed by atoms with Crippen LogP contribution in [0.4, 0.5) is 0 Å². The highest BCUT2D eigenvalue weighted by Crippen LogP contribution is 2.26. The molecule has 1 atom stereocenters.